The molecule has 0 unspecified atom stereocenters. The van der Waals surface area contributed by atoms with Gasteiger partial charge in [0, 0.05) is 38.3 Å². The van der Waals surface area contributed by atoms with Gasteiger partial charge in [0.25, 0.3) is 0 Å². The molecule has 0 radical (unpaired) electrons. The van der Waals surface area contributed by atoms with E-state index in [1.165, 1.54) is 25.7 Å². The summed E-state index contributed by atoms with van der Waals surface area (Å²) in [6, 6.07) is 2.69. The third kappa shape index (κ3) is 2.72. The lowest BCUT2D eigenvalue weighted by Crippen LogP contribution is -2.43. The summed E-state index contributed by atoms with van der Waals surface area (Å²) in [5, 5.41) is 6.88. The summed E-state index contributed by atoms with van der Waals surface area (Å²) in [6.07, 6.45) is 6.90. The fraction of sp³-hybridized carbons (Fsp3) is 0.692. The topological polar surface area (TPSA) is 53.1 Å². The number of rotatable bonds is 3. The Kier molecular flexibility index (Phi) is 3.59. The highest BCUT2D eigenvalue weighted by Gasteiger charge is 2.16. The van der Waals surface area contributed by atoms with Gasteiger partial charge in [-0.2, -0.15) is 0 Å². The Morgan fingerprint density at radius 3 is 2.72 bits per heavy atom. The third-order valence-electron chi connectivity index (χ3n) is 3.80. The molecular weight excluding hydrogens is 226 g/mol. The minimum atomic E-state index is 0.607. The zero-order valence-corrected chi connectivity index (χ0v) is 10.7. The highest BCUT2D eigenvalue weighted by Crippen LogP contribution is 2.22. The zero-order chi connectivity index (χ0) is 12.2. The molecule has 1 saturated carbocycles. The first-order chi connectivity index (χ1) is 8.92. The van der Waals surface area contributed by atoms with Gasteiger partial charge in [-0.25, -0.2) is 9.97 Å². The van der Waals surface area contributed by atoms with E-state index in [0.29, 0.717) is 6.04 Å². The van der Waals surface area contributed by atoms with Crippen LogP contribution in [0.5, 0.6) is 0 Å². The van der Waals surface area contributed by atoms with Gasteiger partial charge in [0.15, 0.2) is 0 Å². The second kappa shape index (κ2) is 5.52. The van der Waals surface area contributed by atoms with Crippen LogP contribution in [0, 0.1) is 0 Å². The minimum absolute atomic E-state index is 0.607. The molecule has 2 aliphatic rings. The van der Waals surface area contributed by atoms with Gasteiger partial charge in [-0.15, -0.1) is 0 Å². The molecule has 0 aromatic carbocycles. The maximum Gasteiger partial charge on any atom is 0.134 e. The van der Waals surface area contributed by atoms with E-state index in [0.717, 1.165) is 37.8 Å². The van der Waals surface area contributed by atoms with Crippen molar-refractivity contribution in [3.05, 3.63) is 12.4 Å². The van der Waals surface area contributed by atoms with Crippen molar-refractivity contribution in [3.8, 4) is 0 Å². The van der Waals surface area contributed by atoms with Crippen molar-refractivity contribution in [2.75, 3.05) is 36.4 Å². The summed E-state index contributed by atoms with van der Waals surface area (Å²) < 4.78 is 0. The molecule has 5 nitrogen and oxygen atoms in total. The lowest BCUT2D eigenvalue weighted by atomic mass is 10.2. The molecule has 1 aliphatic heterocycles. The molecule has 2 heterocycles. The summed E-state index contributed by atoms with van der Waals surface area (Å²) in [6.45, 7) is 4.13. The van der Waals surface area contributed by atoms with E-state index in [1.807, 2.05) is 0 Å². The van der Waals surface area contributed by atoms with Gasteiger partial charge in [-0.05, 0) is 12.8 Å². The van der Waals surface area contributed by atoms with E-state index in [1.54, 1.807) is 6.33 Å². The fourth-order valence-corrected chi connectivity index (χ4v) is 2.77. The first kappa shape index (κ1) is 11.7. The van der Waals surface area contributed by atoms with E-state index < -0.39 is 0 Å². The van der Waals surface area contributed by atoms with Gasteiger partial charge in [-0.3, -0.25) is 0 Å². The van der Waals surface area contributed by atoms with E-state index in [2.05, 4.69) is 31.6 Å². The van der Waals surface area contributed by atoms with Crippen LogP contribution in [0.4, 0.5) is 11.6 Å². The van der Waals surface area contributed by atoms with Gasteiger partial charge in [-0.1, -0.05) is 12.8 Å². The molecule has 2 N–H and O–H groups in total. The highest BCUT2D eigenvalue weighted by atomic mass is 15.2. The van der Waals surface area contributed by atoms with Crippen LogP contribution in [0.25, 0.3) is 0 Å². The Bertz CT molecular complexity index is 383. The van der Waals surface area contributed by atoms with E-state index in [9.17, 15) is 0 Å². The summed E-state index contributed by atoms with van der Waals surface area (Å²) in [7, 11) is 0. The van der Waals surface area contributed by atoms with Crippen LogP contribution in [0.15, 0.2) is 12.4 Å². The Morgan fingerprint density at radius 1 is 1.17 bits per heavy atom. The van der Waals surface area contributed by atoms with Crippen molar-refractivity contribution in [2.24, 2.45) is 0 Å². The van der Waals surface area contributed by atoms with Crippen LogP contribution in [0.2, 0.25) is 0 Å². The first-order valence-corrected chi connectivity index (χ1v) is 6.96. The molecular formula is C13H21N5. The van der Waals surface area contributed by atoms with Crippen LogP contribution in [-0.2, 0) is 0 Å². The average molecular weight is 247 g/mol. The van der Waals surface area contributed by atoms with Crippen LogP contribution in [0.1, 0.15) is 25.7 Å². The molecule has 3 rings (SSSR count). The molecule has 1 aromatic rings. The first-order valence-electron chi connectivity index (χ1n) is 6.96. The summed E-state index contributed by atoms with van der Waals surface area (Å²) in [5.41, 5.74) is 0. The normalized spacial score (nSPS) is 21.2. The largest absolute Gasteiger partial charge is 0.367 e. The van der Waals surface area contributed by atoms with Crippen molar-refractivity contribution in [2.45, 2.75) is 31.7 Å². The molecule has 0 spiro atoms. The average Bonchev–Trinajstić information content (AvgIpc) is 2.93. The molecule has 5 heteroatoms. The van der Waals surface area contributed by atoms with E-state index in [-0.39, 0.29) is 0 Å². The van der Waals surface area contributed by atoms with Crippen molar-refractivity contribution in [1.29, 1.82) is 0 Å². The highest BCUT2D eigenvalue weighted by molar-refractivity contribution is 5.49. The Labute approximate surface area is 108 Å². The van der Waals surface area contributed by atoms with Crippen LogP contribution in [0.3, 0.4) is 0 Å². The summed E-state index contributed by atoms with van der Waals surface area (Å²) >= 11 is 0. The molecule has 1 aliphatic carbocycles. The smallest absolute Gasteiger partial charge is 0.134 e. The number of hydrogen-bond donors (Lipinski definition) is 2. The zero-order valence-electron chi connectivity index (χ0n) is 10.7. The lowest BCUT2D eigenvalue weighted by molar-refractivity contribution is 0.584. The Morgan fingerprint density at radius 2 is 1.94 bits per heavy atom. The van der Waals surface area contributed by atoms with Crippen molar-refractivity contribution < 1.29 is 0 Å². The van der Waals surface area contributed by atoms with E-state index in [4.69, 9.17) is 0 Å². The number of nitrogens with one attached hydrogen (secondary N) is 2. The maximum atomic E-state index is 4.38. The molecule has 18 heavy (non-hydrogen) atoms. The van der Waals surface area contributed by atoms with E-state index >= 15 is 0 Å². The molecule has 98 valence electrons. The number of piperazine rings is 1. The van der Waals surface area contributed by atoms with Crippen LogP contribution < -0.4 is 15.5 Å². The lowest BCUT2D eigenvalue weighted by Gasteiger charge is -2.28. The van der Waals surface area contributed by atoms with Gasteiger partial charge in [0.1, 0.15) is 18.0 Å². The Balaban J connectivity index is 1.67. The SMILES string of the molecule is c1nc(NC2CCCC2)cc(N2CCNCC2)n1. The molecule has 1 aromatic heterocycles. The van der Waals surface area contributed by atoms with Crippen molar-refractivity contribution in [3.63, 3.8) is 0 Å². The van der Waals surface area contributed by atoms with Crippen LogP contribution >= 0.6 is 0 Å². The van der Waals surface area contributed by atoms with Gasteiger partial charge in [0.2, 0.25) is 0 Å². The second-order valence-electron chi connectivity index (χ2n) is 5.12. The second-order valence-corrected chi connectivity index (χ2v) is 5.12. The van der Waals surface area contributed by atoms with Crippen molar-refractivity contribution in [1.82, 2.24) is 15.3 Å². The number of anilines is 2. The number of hydrogen-bond acceptors (Lipinski definition) is 5. The van der Waals surface area contributed by atoms with Gasteiger partial charge < -0.3 is 15.5 Å². The molecule has 0 atom stereocenters. The summed E-state index contributed by atoms with van der Waals surface area (Å²) in [5.74, 6) is 2.03. The third-order valence-corrected chi connectivity index (χ3v) is 3.80. The maximum absolute atomic E-state index is 4.38. The number of aromatic nitrogens is 2. The summed E-state index contributed by atoms with van der Waals surface area (Å²) in [4.78, 5) is 11.0. The van der Waals surface area contributed by atoms with Crippen LogP contribution in [-0.4, -0.2) is 42.2 Å². The minimum Gasteiger partial charge on any atom is -0.367 e. The van der Waals surface area contributed by atoms with Crippen molar-refractivity contribution >= 4 is 11.6 Å². The monoisotopic (exact) mass is 247 g/mol. The fourth-order valence-electron chi connectivity index (χ4n) is 2.77. The standard InChI is InChI=1S/C13H21N5/c1-2-4-11(3-1)17-12-9-13(16-10-15-12)18-7-5-14-6-8-18/h9-11,14H,1-8H2,(H,15,16,17). The molecule has 1 saturated heterocycles. The van der Waals surface area contributed by atoms with Gasteiger partial charge in [0.05, 0.1) is 0 Å². The Hall–Kier alpha value is -1.36. The predicted molar refractivity (Wildman–Crippen MR) is 73.0 cm³/mol. The molecule has 0 bridgehead atoms. The molecule has 2 fully saturated rings. The molecule has 0 amide bonds. The van der Waals surface area contributed by atoms with Gasteiger partial charge >= 0.3 is 0 Å². The number of nitrogens with zero attached hydrogens (tertiary/aromatic N) is 3. The predicted octanol–water partition coefficient (Wildman–Crippen LogP) is 1.24. The quantitative estimate of drug-likeness (QED) is 0.841.